The molecule has 2 N–H and O–H groups in total. The molecule has 3 rings (SSSR count). The summed E-state index contributed by atoms with van der Waals surface area (Å²) in [4.78, 5) is 26.2. The molecule has 148 valence electrons. The highest BCUT2D eigenvalue weighted by Gasteiger charge is 2.20. The summed E-state index contributed by atoms with van der Waals surface area (Å²) in [5.41, 5.74) is 1.39. The van der Waals surface area contributed by atoms with Crippen LogP contribution >= 0.6 is 23.2 Å². The van der Waals surface area contributed by atoms with Crippen LogP contribution in [-0.2, 0) is 9.53 Å². The third-order valence-electron chi connectivity index (χ3n) is 4.15. The summed E-state index contributed by atoms with van der Waals surface area (Å²) in [6, 6.07) is 8.83. The van der Waals surface area contributed by atoms with Crippen molar-refractivity contribution in [3.63, 3.8) is 0 Å². The second-order valence-electron chi connectivity index (χ2n) is 6.13. The summed E-state index contributed by atoms with van der Waals surface area (Å²) >= 11 is 11.9. The predicted molar refractivity (Wildman–Crippen MR) is 107 cm³/mol. The fourth-order valence-electron chi connectivity index (χ4n) is 2.70. The fourth-order valence-corrected chi connectivity index (χ4v) is 3.14. The van der Waals surface area contributed by atoms with Crippen LogP contribution in [0.2, 0.25) is 10.0 Å². The molecule has 0 unspecified atom stereocenters. The van der Waals surface area contributed by atoms with Crippen LogP contribution in [-0.4, -0.2) is 49.6 Å². The average molecular weight is 426 g/mol. The lowest BCUT2D eigenvalue weighted by Crippen LogP contribution is -2.40. The first-order valence-corrected chi connectivity index (χ1v) is 9.35. The van der Waals surface area contributed by atoms with E-state index < -0.39 is 5.82 Å². The van der Waals surface area contributed by atoms with Crippen LogP contribution in [0.1, 0.15) is 10.4 Å². The Labute approximate surface area is 171 Å². The molecule has 2 amide bonds. The maximum Gasteiger partial charge on any atom is 0.255 e. The Morgan fingerprint density at radius 1 is 1.04 bits per heavy atom. The van der Waals surface area contributed by atoms with Gasteiger partial charge in [0.2, 0.25) is 5.91 Å². The molecule has 0 spiro atoms. The molecule has 28 heavy (non-hydrogen) atoms. The lowest BCUT2D eigenvalue weighted by atomic mass is 10.1. The van der Waals surface area contributed by atoms with E-state index in [1.807, 2.05) is 0 Å². The van der Waals surface area contributed by atoms with Gasteiger partial charge in [-0.15, -0.1) is 0 Å². The van der Waals surface area contributed by atoms with Crippen molar-refractivity contribution in [1.82, 2.24) is 4.90 Å². The van der Waals surface area contributed by atoms with E-state index in [-0.39, 0.29) is 23.4 Å². The van der Waals surface area contributed by atoms with Gasteiger partial charge in [-0.05, 0) is 36.4 Å². The molecule has 0 aromatic heterocycles. The zero-order valence-corrected chi connectivity index (χ0v) is 16.3. The van der Waals surface area contributed by atoms with Gasteiger partial charge in [0, 0.05) is 24.5 Å². The number of ether oxygens (including phenoxy) is 1. The molecule has 9 heteroatoms. The van der Waals surface area contributed by atoms with Gasteiger partial charge in [0.1, 0.15) is 5.82 Å². The van der Waals surface area contributed by atoms with Crippen molar-refractivity contribution < 1.29 is 18.7 Å². The predicted octanol–water partition coefficient (Wildman–Crippen LogP) is 3.66. The van der Waals surface area contributed by atoms with Crippen molar-refractivity contribution in [3.05, 3.63) is 57.8 Å². The Hall–Kier alpha value is -2.35. The highest BCUT2D eigenvalue weighted by atomic mass is 35.5. The second kappa shape index (κ2) is 9.23. The molecule has 0 bridgehead atoms. The van der Waals surface area contributed by atoms with E-state index in [4.69, 9.17) is 27.9 Å². The lowest BCUT2D eigenvalue weighted by Gasteiger charge is -2.27. The second-order valence-corrected chi connectivity index (χ2v) is 6.94. The number of amides is 2. The van der Waals surface area contributed by atoms with Gasteiger partial charge < -0.3 is 20.3 Å². The summed E-state index contributed by atoms with van der Waals surface area (Å²) in [6.07, 6.45) is 0. The van der Waals surface area contributed by atoms with Crippen molar-refractivity contribution in [2.75, 3.05) is 43.5 Å². The van der Waals surface area contributed by atoms with Gasteiger partial charge in [0.25, 0.3) is 5.91 Å². The van der Waals surface area contributed by atoms with Gasteiger partial charge in [0.05, 0.1) is 35.4 Å². The minimum atomic E-state index is -0.556. The molecular formula is C19H18Cl2FN3O3. The molecule has 6 nitrogen and oxygen atoms in total. The van der Waals surface area contributed by atoms with Crippen molar-refractivity contribution in [2.45, 2.75) is 0 Å². The molecule has 1 saturated heterocycles. The van der Waals surface area contributed by atoms with Gasteiger partial charge in [-0.2, -0.15) is 0 Å². The topological polar surface area (TPSA) is 70.7 Å². The minimum Gasteiger partial charge on any atom is -0.378 e. The molecule has 0 aliphatic carbocycles. The van der Waals surface area contributed by atoms with Crippen LogP contribution in [0.25, 0.3) is 0 Å². The third kappa shape index (κ3) is 5.13. The van der Waals surface area contributed by atoms with Crippen LogP contribution in [0.4, 0.5) is 15.8 Å². The Bertz CT molecular complexity index is 889. The number of benzene rings is 2. The first-order valence-electron chi connectivity index (χ1n) is 8.59. The number of anilines is 2. The zero-order chi connectivity index (χ0) is 20.1. The smallest absolute Gasteiger partial charge is 0.255 e. The number of rotatable bonds is 5. The quantitative estimate of drug-likeness (QED) is 0.766. The number of morpholine rings is 1. The third-order valence-corrected chi connectivity index (χ3v) is 4.76. The first kappa shape index (κ1) is 20.4. The summed E-state index contributed by atoms with van der Waals surface area (Å²) in [7, 11) is 0. The van der Waals surface area contributed by atoms with Crippen LogP contribution < -0.4 is 10.6 Å². The normalized spacial score (nSPS) is 13.9. The molecule has 1 aliphatic heterocycles. The molecule has 0 radical (unpaired) electrons. The van der Waals surface area contributed by atoms with Crippen molar-refractivity contribution in [1.29, 1.82) is 0 Å². The number of carbonyl (C=O) groups excluding carboxylic acids is 2. The summed E-state index contributed by atoms with van der Waals surface area (Å²) in [6.45, 7) is 2.04. The van der Waals surface area contributed by atoms with Crippen LogP contribution in [0.15, 0.2) is 36.4 Å². The number of hydrogen-bond acceptors (Lipinski definition) is 4. The first-order chi connectivity index (χ1) is 13.4. The molecule has 1 aliphatic rings. The minimum absolute atomic E-state index is 0.0396. The van der Waals surface area contributed by atoms with Gasteiger partial charge in [-0.25, -0.2) is 4.39 Å². The largest absolute Gasteiger partial charge is 0.378 e. The summed E-state index contributed by atoms with van der Waals surface area (Å²) < 4.78 is 18.4. The number of hydrogen-bond donors (Lipinski definition) is 2. The molecule has 2 aromatic rings. The van der Waals surface area contributed by atoms with E-state index in [2.05, 4.69) is 10.6 Å². The number of carbonyl (C=O) groups is 2. The molecule has 1 heterocycles. The van der Waals surface area contributed by atoms with Crippen LogP contribution in [0.3, 0.4) is 0 Å². The van der Waals surface area contributed by atoms with E-state index in [0.29, 0.717) is 48.3 Å². The van der Waals surface area contributed by atoms with Crippen molar-refractivity contribution in [3.8, 4) is 0 Å². The molecule has 0 atom stereocenters. The van der Waals surface area contributed by atoms with Gasteiger partial charge in [-0.1, -0.05) is 23.2 Å². The highest BCUT2D eigenvalue weighted by Crippen LogP contribution is 2.23. The SMILES string of the molecule is O=C(CNc1ccc(C(=O)N2CCOCC2)c(Cl)c1)Nc1ccc(F)c(Cl)c1. The Morgan fingerprint density at radius 2 is 1.71 bits per heavy atom. The maximum atomic E-state index is 13.1. The van der Waals surface area contributed by atoms with Gasteiger partial charge in [-0.3, -0.25) is 9.59 Å². The van der Waals surface area contributed by atoms with Gasteiger partial charge >= 0.3 is 0 Å². The summed E-state index contributed by atoms with van der Waals surface area (Å²) in [5, 5.41) is 5.77. The molecule has 1 fully saturated rings. The lowest BCUT2D eigenvalue weighted by molar-refractivity contribution is -0.114. The van der Waals surface area contributed by atoms with Crippen LogP contribution in [0, 0.1) is 5.82 Å². The van der Waals surface area contributed by atoms with E-state index >= 15 is 0 Å². The highest BCUT2D eigenvalue weighted by molar-refractivity contribution is 6.34. The van der Waals surface area contributed by atoms with E-state index in [0.717, 1.165) is 0 Å². The fraction of sp³-hybridized carbons (Fsp3) is 0.263. The molecule has 0 saturated carbocycles. The van der Waals surface area contributed by atoms with E-state index in [1.165, 1.54) is 18.2 Å². The Morgan fingerprint density at radius 3 is 2.39 bits per heavy atom. The monoisotopic (exact) mass is 425 g/mol. The Kier molecular flexibility index (Phi) is 6.72. The maximum absolute atomic E-state index is 13.1. The Balaban J connectivity index is 1.57. The zero-order valence-electron chi connectivity index (χ0n) is 14.8. The average Bonchev–Trinajstić information content (AvgIpc) is 2.69. The van der Waals surface area contributed by atoms with E-state index in [1.54, 1.807) is 23.1 Å². The standard InChI is InChI=1S/C19H18Cl2FN3O3/c20-15-9-12(1-3-14(15)19(27)25-5-7-28-8-6-25)23-11-18(26)24-13-2-4-17(22)16(21)10-13/h1-4,9-10,23H,5-8,11H2,(H,24,26). The van der Waals surface area contributed by atoms with Gasteiger partial charge in [0.15, 0.2) is 0 Å². The molecule has 2 aromatic carbocycles. The van der Waals surface area contributed by atoms with Crippen molar-refractivity contribution in [2.24, 2.45) is 0 Å². The molecular weight excluding hydrogens is 408 g/mol. The van der Waals surface area contributed by atoms with E-state index in [9.17, 15) is 14.0 Å². The van der Waals surface area contributed by atoms with Crippen molar-refractivity contribution >= 4 is 46.4 Å². The number of nitrogens with one attached hydrogen (secondary N) is 2. The summed E-state index contributed by atoms with van der Waals surface area (Å²) in [5.74, 6) is -1.04. The number of nitrogens with zero attached hydrogens (tertiary/aromatic N) is 1. The van der Waals surface area contributed by atoms with Crippen LogP contribution in [0.5, 0.6) is 0 Å². The number of halogens is 3.